The molecule has 5 rings (SSSR count). The van der Waals surface area contributed by atoms with E-state index in [9.17, 15) is 34.8 Å². The molecule has 0 saturated heterocycles. The maximum absolute atomic E-state index is 14.2. The van der Waals surface area contributed by atoms with Gasteiger partial charge in [-0.15, -0.1) is 0 Å². The average Bonchev–Trinajstić information content (AvgIpc) is 2.95. The number of primary amides is 1. The lowest BCUT2D eigenvalue weighted by Crippen LogP contribution is -2.65. The highest BCUT2D eigenvalue weighted by atomic mass is 16.5. The molecule has 2 aromatic rings. The minimum atomic E-state index is -2.69. The third kappa shape index (κ3) is 4.88. The van der Waals surface area contributed by atoms with Gasteiger partial charge in [-0.25, -0.2) is 0 Å². The highest BCUT2D eigenvalue weighted by molar-refractivity contribution is 6.24. The molecule has 45 heavy (non-hydrogen) atoms. The van der Waals surface area contributed by atoms with Crippen molar-refractivity contribution in [2.24, 2.45) is 17.6 Å². The summed E-state index contributed by atoms with van der Waals surface area (Å²) in [6, 6.07) is 6.39. The number of nitrogens with one attached hydrogen (secondary N) is 1. The van der Waals surface area contributed by atoms with Crippen LogP contribution in [0.3, 0.4) is 0 Å². The van der Waals surface area contributed by atoms with E-state index in [1.165, 1.54) is 4.90 Å². The van der Waals surface area contributed by atoms with Crippen LogP contribution in [-0.4, -0.2) is 89.2 Å². The summed E-state index contributed by atoms with van der Waals surface area (Å²) < 4.78 is 5.62. The lowest BCUT2D eigenvalue weighted by atomic mass is 9.57. The molecule has 0 radical (unpaired) electrons. The molecule has 12 heteroatoms. The number of ether oxygens (including phenoxy) is 1. The van der Waals surface area contributed by atoms with Crippen molar-refractivity contribution in [3.8, 4) is 11.5 Å². The van der Waals surface area contributed by atoms with E-state index in [1.54, 1.807) is 20.2 Å². The third-order valence-electron chi connectivity index (χ3n) is 9.20. The van der Waals surface area contributed by atoms with Gasteiger partial charge in [0.15, 0.2) is 11.4 Å². The second-order valence-electron chi connectivity index (χ2n) is 12.4. The number of carbonyl (C=O) groups excluding carboxylic acids is 3. The number of aliphatic hydroxyl groups excluding tert-OH is 2. The van der Waals surface area contributed by atoms with Gasteiger partial charge in [0.25, 0.3) is 5.91 Å². The Morgan fingerprint density at radius 3 is 2.40 bits per heavy atom. The minimum Gasteiger partial charge on any atom is -0.508 e. The molecule has 0 heterocycles. The first-order valence-corrected chi connectivity index (χ1v) is 14.8. The number of aromatic hydroxyl groups is 1. The molecule has 0 aromatic heterocycles. The normalized spacial score (nSPS) is 24.3. The fourth-order valence-corrected chi connectivity index (χ4v) is 7.16. The summed E-state index contributed by atoms with van der Waals surface area (Å²) in [5.74, 6) is -6.05. The number of nitrogens with two attached hydrogens (primary N) is 1. The van der Waals surface area contributed by atoms with Crippen LogP contribution in [-0.2, 0) is 27.3 Å². The quantitative estimate of drug-likeness (QED) is 0.188. The van der Waals surface area contributed by atoms with Gasteiger partial charge in [0.2, 0.25) is 5.78 Å². The number of rotatable bonds is 8. The monoisotopic (exact) mass is 620 g/mol. The molecule has 0 aliphatic heterocycles. The van der Waals surface area contributed by atoms with Crippen LogP contribution in [0.4, 0.5) is 11.4 Å². The predicted molar refractivity (Wildman–Crippen MR) is 168 cm³/mol. The van der Waals surface area contributed by atoms with E-state index in [2.05, 4.69) is 5.32 Å². The number of phenols is 1. The molecule has 0 bridgehead atoms. The molecule has 240 valence electrons. The van der Waals surface area contributed by atoms with E-state index >= 15 is 0 Å². The highest BCUT2D eigenvalue weighted by Crippen LogP contribution is 2.54. The third-order valence-corrected chi connectivity index (χ3v) is 9.20. The Labute approximate surface area is 261 Å². The first-order chi connectivity index (χ1) is 21.1. The van der Waals surface area contributed by atoms with Gasteiger partial charge in [-0.2, -0.15) is 0 Å². The summed E-state index contributed by atoms with van der Waals surface area (Å²) in [6.07, 6.45) is 0.227. The molecular formula is C33H40N4O8. The van der Waals surface area contributed by atoms with Crippen LogP contribution >= 0.6 is 0 Å². The van der Waals surface area contributed by atoms with Crippen molar-refractivity contribution in [2.75, 3.05) is 45.0 Å². The number of aryl methyl sites for hydroxylation is 1. The van der Waals surface area contributed by atoms with Gasteiger partial charge in [0.05, 0.1) is 23.9 Å². The van der Waals surface area contributed by atoms with E-state index in [1.807, 2.05) is 51.0 Å². The standard InChI is InChI=1S/C33H40N4O8/c1-7-45-22-9-8-16(10-15(22)2)14-35-20-13-21(36(3)4)18-11-17-12-19-26(37(5)6)29(40)25(32(34)43)31(42)33(19,44)30(41)23(17)28(39)24(18)27(20)38/h8-10,13,17,19,26,35,38-39,42,44H,7,11-12,14H2,1-6H3,(H2,34,43)/t17-,19-,26-,33-/m0/s1. The fraction of sp³-hybridized carbons (Fsp3) is 0.424. The number of hydrogen-bond acceptors (Lipinski definition) is 11. The first-order valence-electron chi connectivity index (χ1n) is 14.8. The number of Topliss-reactive ketones (excluding diaryl/α,β-unsaturated/α-hetero) is 2. The van der Waals surface area contributed by atoms with Crippen molar-refractivity contribution < 1.29 is 39.5 Å². The summed E-state index contributed by atoms with van der Waals surface area (Å²) >= 11 is 0. The maximum atomic E-state index is 14.2. The number of hydrogen-bond donors (Lipinski definition) is 6. The van der Waals surface area contributed by atoms with Gasteiger partial charge in [0.1, 0.15) is 28.6 Å². The molecule has 2 aromatic carbocycles. The summed E-state index contributed by atoms with van der Waals surface area (Å²) in [4.78, 5) is 43.0. The van der Waals surface area contributed by atoms with Crippen molar-refractivity contribution in [1.29, 1.82) is 0 Å². The van der Waals surface area contributed by atoms with Crippen molar-refractivity contribution in [3.63, 3.8) is 0 Å². The Morgan fingerprint density at radius 2 is 1.82 bits per heavy atom. The van der Waals surface area contributed by atoms with Crippen molar-refractivity contribution in [2.45, 2.75) is 44.9 Å². The minimum absolute atomic E-state index is 0.0243. The Hall–Kier alpha value is -4.55. The Kier molecular flexibility index (Phi) is 8.09. The molecule has 0 unspecified atom stereocenters. The molecule has 12 nitrogen and oxygen atoms in total. The number of nitrogens with zero attached hydrogens (tertiary/aromatic N) is 2. The number of carbonyl (C=O) groups is 3. The Balaban J connectivity index is 1.62. The van der Waals surface area contributed by atoms with Crippen LogP contribution in [0.1, 0.15) is 35.6 Å². The second kappa shape index (κ2) is 11.4. The van der Waals surface area contributed by atoms with Crippen molar-refractivity contribution in [3.05, 3.63) is 63.4 Å². The van der Waals surface area contributed by atoms with E-state index in [4.69, 9.17) is 10.5 Å². The second-order valence-corrected chi connectivity index (χ2v) is 12.4. The summed E-state index contributed by atoms with van der Waals surface area (Å²) in [6.45, 7) is 4.74. The highest BCUT2D eigenvalue weighted by Gasteiger charge is 2.64. The number of benzene rings is 2. The zero-order valence-corrected chi connectivity index (χ0v) is 26.3. The van der Waals surface area contributed by atoms with Crippen LogP contribution in [0.15, 0.2) is 41.2 Å². The smallest absolute Gasteiger partial charge is 0.255 e. The van der Waals surface area contributed by atoms with Gasteiger partial charge in [-0.05, 0) is 75.5 Å². The van der Waals surface area contributed by atoms with E-state index < -0.39 is 58.0 Å². The summed E-state index contributed by atoms with van der Waals surface area (Å²) in [5, 5.41) is 49.4. The van der Waals surface area contributed by atoms with Crippen LogP contribution in [0, 0.1) is 18.8 Å². The van der Waals surface area contributed by atoms with E-state index in [0.717, 1.165) is 16.9 Å². The number of likely N-dealkylation sites (N-methyl/N-ethyl adjacent to an activating group) is 1. The van der Waals surface area contributed by atoms with Crippen molar-refractivity contribution >= 4 is 34.6 Å². The van der Waals surface area contributed by atoms with Crippen LogP contribution in [0.5, 0.6) is 11.5 Å². The molecule has 3 aliphatic carbocycles. The van der Waals surface area contributed by atoms with Crippen LogP contribution < -0.4 is 20.7 Å². The average molecular weight is 621 g/mol. The molecule has 4 atom stereocenters. The Morgan fingerprint density at radius 1 is 1.13 bits per heavy atom. The fourth-order valence-electron chi connectivity index (χ4n) is 7.16. The molecule has 1 saturated carbocycles. The molecule has 1 amide bonds. The summed E-state index contributed by atoms with van der Waals surface area (Å²) in [7, 11) is 6.78. The summed E-state index contributed by atoms with van der Waals surface area (Å²) in [5.41, 5.74) is 5.18. The zero-order chi connectivity index (χ0) is 33.1. The number of anilines is 2. The van der Waals surface area contributed by atoms with E-state index in [-0.39, 0.29) is 29.7 Å². The van der Waals surface area contributed by atoms with Gasteiger partial charge >= 0.3 is 0 Å². The number of fused-ring (bicyclic) bond motifs is 3. The zero-order valence-electron chi connectivity index (χ0n) is 26.3. The SMILES string of the molecule is CCOc1ccc(CNc2cc(N(C)C)c3c(c2O)C(O)=C2C(=O)[C@]4(O)C(O)=C(C(N)=O)C(=O)[C@@H](N(C)C)[C@@H]4C[C@@H]2C3)cc1C. The number of ketones is 2. The number of aliphatic hydroxyl groups is 3. The van der Waals surface area contributed by atoms with E-state index in [0.29, 0.717) is 30.1 Å². The molecular weight excluding hydrogens is 580 g/mol. The Bertz CT molecular complexity index is 1680. The van der Waals surface area contributed by atoms with Crippen LogP contribution in [0.25, 0.3) is 5.76 Å². The topological polar surface area (TPSA) is 186 Å². The molecule has 7 N–H and O–H groups in total. The van der Waals surface area contributed by atoms with Gasteiger partial charge < -0.3 is 41.1 Å². The lowest BCUT2D eigenvalue weighted by Gasteiger charge is -2.50. The molecule has 1 fully saturated rings. The first kappa shape index (κ1) is 31.9. The molecule has 3 aliphatic rings. The van der Waals surface area contributed by atoms with Gasteiger partial charge in [0, 0.05) is 37.8 Å². The lowest BCUT2D eigenvalue weighted by molar-refractivity contribution is -0.153. The molecule has 0 spiro atoms. The number of phenolic OH excluding ortho intramolecular Hbond substituents is 1. The van der Waals surface area contributed by atoms with Gasteiger partial charge in [-0.3, -0.25) is 19.3 Å². The maximum Gasteiger partial charge on any atom is 0.255 e. The predicted octanol–water partition coefficient (Wildman–Crippen LogP) is 2.35. The largest absolute Gasteiger partial charge is 0.508 e. The number of amides is 1. The van der Waals surface area contributed by atoms with Crippen molar-refractivity contribution in [1.82, 2.24) is 4.90 Å². The van der Waals surface area contributed by atoms with Crippen LogP contribution in [0.2, 0.25) is 0 Å². The van der Waals surface area contributed by atoms with Gasteiger partial charge in [-0.1, -0.05) is 12.1 Å².